The number of ketones is 1. The van der Waals surface area contributed by atoms with E-state index in [0.717, 1.165) is 22.2 Å². The predicted molar refractivity (Wildman–Crippen MR) is 125 cm³/mol. The Balaban J connectivity index is 1.65. The van der Waals surface area contributed by atoms with Gasteiger partial charge in [-0.1, -0.05) is 29.8 Å². The minimum absolute atomic E-state index is 0.0389. The molecule has 31 heavy (non-hydrogen) atoms. The molecular formula is C27H27N2O2+. The van der Waals surface area contributed by atoms with Crippen molar-refractivity contribution in [3.05, 3.63) is 82.8 Å². The Labute approximate surface area is 182 Å². The third-order valence-corrected chi connectivity index (χ3v) is 6.78. The first-order chi connectivity index (χ1) is 14.8. The highest BCUT2D eigenvalue weighted by atomic mass is 16.5. The number of rotatable bonds is 3. The van der Waals surface area contributed by atoms with Gasteiger partial charge < -0.3 is 9.30 Å². The molecule has 156 valence electrons. The number of para-hydroxylation sites is 1. The number of carbonyl (C=O) groups is 1. The summed E-state index contributed by atoms with van der Waals surface area (Å²) in [6, 6.07) is 14.7. The second-order valence-electron chi connectivity index (χ2n) is 9.06. The van der Waals surface area contributed by atoms with Gasteiger partial charge in [0.1, 0.15) is 12.8 Å². The number of carbonyl (C=O) groups excluding carboxylic acids is 1. The summed E-state index contributed by atoms with van der Waals surface area (Å²) in [7, 11) is 5.72. The summed E-state index contributed by atoms with van der Waals surface area (Å²) in [5.74, 6) is 0.710. The van der Waals surface area contributed by atoms with Gasteiger partial charge in [0.25, 0.3) is 0 Å². The molecule has 0 spiro atoms. The first-order valence-corrected chi connectivity index (χ1v) is 10.6. The van der Waals surface area contributed by atoms with Crippen LogP contribution in [0.5, 0.6) is 0 Å². The Bertz CT molecular complexity index is 1380. The predicted octanol–water partition coefficient (Wildman–Crippen LogP) is 5.06. The summed E-state index contributed by atoms with van der Waals surface area (Å²) in [4.78, 5) is 13.4. The number of hydrogen-bond acceptors (Lipinski definition) is 2. The number of hydrogen-bond donors (Lipinski definition) is 0. The van der Waals surface area contributed by atoms with Gasteiger partial charge >= 0.3 is 0 Å². The first kappa shape index (κ1) is 19.6. The molecule has 0 bridgehead atoms. The van der Waals surface area contributed by atoms with Gasteiger partial charge in [0.2, 0.25) is 11.5 Å². The van der Waals surface area contributed by atoms with Crippen LogP contribution in [0.15, 0.2) is 66.1 Å². The van der Waals surface area contributed by atoms with Crippen molar-refractivity contribution in [2.24, 2.45) is 7.05 Å². The molecule has 0 unspecified atom stereocenters. The van der Waals surface area contributed by atoms with Gasteiger partial charge in [-0.15, -0.1) is 0 Å². The number of fused-ring (bicyclic) bond motifs is 2. The van der Waals surface area contributed by atoms with E-state index in [4.69, 9.17) is 4.74 Å². The monoisotopic (exact) mass is 411 g/mol. The fraction of sp³-hybridized carbons (Fsp3) is 0.259. The van der Waals surface area contributed by atoms with Crippen LogP contribution in [0, 0.1) is 6.92 Å². The number of Topliss-reactive ketones (excluding diaryl/α,β-unsaturated/α-hetero) is 1. The Hall–Kier alpha value is -3.40. The van der Waals surface area contributed by atoms with Gasteiger partial charge in [-0.05, 0) is 32.9 Å². The number of nitrogens with zero attached hydrogens (tertiary/aromatic N) is 2. The lowest BCUT2D eigenvalue weighted by Crippen LogP contribution is -2.30. The summed E-state index contributed by atoms with van der Waals surface area (Å²) >= 11 is 0. The van der Waals surface area contributed by atoms with Crippen molar-refractivity contribution in [3.63, 3.8) is 0 Å². The molecule has 0 saturated heterocycles. The van der Waals surface area contributed by atoms with Crippen molar-refractivity contribution in [2.45, 2.75) is 26.2 Å². The van der Waals surface area contributed by atoms with Crippen LogP contribution in [0.4, 0.5) is 5.69 Å². The largest absolute Gasteiger partial charge is 0.495 e. The van der Waals surface area contributed by atoms with E-state index >= 15 is 0 Å². The second-order valence-corrected chi connectivity index (χ2v) is 9.06. The van der Waals surface area contributed by atoms with Gasteiger partial charge in [-0.3, -0.25) is 4.79 Å². The molecule has 2 heterocycles. The Morgan fingerprint density at radius 2 is 1.87 bits per heavy atom. The summed E-state index contributed by atoms with van der Waals surface area (Å²) in [5, 5.41) is 1.07. The molecule has 1 aliphatic heterocycles. The molecule has 0 N–H and O–H groups in total. The standard InChI is InChI=1S/C27H27N2O2/c1-16-11-12-22-20(13-16)27(2,3)23(29(22)5)14-18-25(30)24(26(18)31-6)19-15-28(4)21-10-8-7-9-17(19)21/h7-15H,1-6H3/q+1. The average Bonchev–Trinajstić information content (AvgIpc) is 3.16. The molecule has 0 atom stereocenters. The van der Waals surface area contributed by atoms with Gasteiger partial charge in [0, 0.05) is 47.4 Å². The molecule has 2 aromatic carbocycles. The number of benzene rings is 2. The molecule has 0 radical (unpaired) electrons. The fourth-order valence-electron chi connectivity index (χ4n) is 5.09. The molecule has 5 rings (SSSR count). The minimum Gasteiger partial charge on any atom is -0.495 e. The van der Waals surface area contributed by atoms with Crippen LogP contribution in [0.3, 0.4) is 0 Å². The second kappa shape index (κ2) is 6.55. The van der Waals surface area contributed by atoms with Crippen molar-refractivity contribution in [2.75, 3.05) is 14.2 Å². The zero-order valence-corrected chi connectivity index (χ0v) is 18.9. The van der Waals surface area contributed by atoms with Crippen molar-refractivity contribution >= 4 is 33.7 Å². The highest BCUT2D eigenvalue weighted by Crippen LogP contribution is 2.44. The van der Waals surface area contributed by atoms with Crippen LogP contribution in [0.2, 0.25) is 0 Å². The van der Waals surface area contributed by atoms with Gasteiger partial charge in [0.15, 0.2) is 5.71 Å². The lowest BCUT2D eigenvalue weighted by molar-refractivity contribution is -0.401. The van der Waals surface area contributed by atoms with E-state index in [-0.39, 0.29) is 11.2 Å². The van der Waals surface area contributed by atoms with Gasteiger partial charge in [0.05, 0.1) is 23.7 Å². The van der Waals surface area contributed by atoms with Crippen LogP contribution in [0.1, 0.15) is 30.5 Å². The number of aromatic nitrogens is 1. The molecule has 1 aromatic heterocycles. The number of ether oxygens (including phenoxy) is 1. The van der Waals surface area contributed by atoms with Crippen molar-refractivity contribution in [1.82, 2.24) is 4.57 Å². The van der Waals surface area contributed by atoms with E-state index < -0.39 is 0 Å². The van der Waals surface area contributed by atoms with Gasteiger partial charge in [-0.25, -0.2) is 0 Å². The topological polar surface area (TPSA) is 34.2 Å². The Morgan fingerprint density at radius 1 is 1.13 bits per heavy atom. The van der Waals surface area contributed by atoms with Crippen LogP contribution in [-0.4, -0.2) is 34.8 Å². The maximum atomic E-state index is 13.4. The van der Waals surface area contributed by atoms with Crippen molar-refractivity contribution in [3.8, 4) is 0 Å². The highest BCUT2D eigenvalue weighted by molar-refractivity contribution is 6.41. The molecule has 4 heteroatoms. The zero-order chi connectivity index (χ0) is 22.1. The summed E-state index contributed by atoms with van der Waals surface area (Å²) in [6.07, 6.45) is 4.04. The lowest BCUT2D eigenvalue weighted by atomic mass is 9.77. The molecule has 0 amide bonds. The third-order valence-electron chi connectivity index (χ3n) is 6.78. The van der Waals surface area contributed by atoms with E-state index in [2.05, 4.69) is 67.3 Å². The maximum absolute atomic E-state index is 13.4. The normalized spacial score (nSPS) is 18.8. The average molecular weight is 412 g/mol. The number of aryl methyl sites for hydroxylation is 2. The van der Waals surface area contributed by atoms with Crippen LogP contribution < -0.4 is 0 Å². The lowest BCUT2D eigenvalue weighted by Gasteiger charge is -2.25. The van der Waals surface area contributed by atoms with Crippen LogP contribution in [-0.2, 0) is 22.0 Å². The molecule has 0 fully saturated rings. The molecule has 4 nitrogen and oxygen atoms in total. The van der Waals surface area contributed by atoms with E-state index in [1.54, 1.807) is 7.11 Å². The summed E-state index contributed by atoms with van der Waals surface area (Å²) in [5.41, 5.74) is 7.95. The summed E-state index contributed by atoms with van der Waals surface area (Å²) < 4.78 is 10.0. The highest BCUT2D eigenvalue weighted by Gasteiger charge is 2.46. The molecule has 0 saturated carbocycles. The Kier molecular flexibility index (Phi) is 4.13. The maximum Gasteiger partial charge on any atom is 0.209 e. The van der Waals surface area contributed by atoms with E-state index in [1.807, 2.05) is 31.5 Å². The number of methoxy groups -OCH3 is 1. The van der Waals surface area contributed by atoms with Crippen molar-refractivity contribution < 1.29 is 14.1 Å². The first-order valence-electron chi connectivity index (χ1n) is 10.6. The fourth-order valence-corrected chi connectivity index (χ4v) is 5.09. The van der Waals surface area contributed by atoms with E-state index in [9.17, 15) is 4.79 Å². The smallest absolute Gasteiger partial charge is 0.209 e. The van der Waals surface area contributed by atoms with Crippen molar-refractivity contribution in [1.29, 1.82) is 0 Å². The van der Waals surface area contributed by atoms with Gasteiger partial charge in [-0.2, -0.15) is 4.58 Å². The minimum atomic E-state index is -0.197. The molecular weight excluding hydrogens is 384 g/mol. The van der Waals surface area contributed by atoms with E-state index in [0.29, 0.717) is 16.9 Å². The molecule has 3 aromatic rings. The molecule has 1 aliphatic carbocycles. The quantitative estimate of drug-likeness (QED) is 0.446. The summed E-state index contributed by atoms with van der Waals surface area (Å²) in [6.45, 7) is 6.54. The number of allylic oxidation sites excluding steroid dienone is 3. The van der Waals surface area contributed by atoms with Crippen LogP contribution in [0.25, 0.3) is 16.5 Å². The Morgan fingerprint density at radius 3 is 2.61 bits per heavy atom. The van der Waals surface area contributed by atoms with Crippen LogP contribution >= 0.6 is 0 Å². The SMILES string of the molecule is COC1=C(c2cn(C)c3ccccc23)C(=O)/C1=C\C1=[N+](C)c2ccc(C)cc2C1(C)C. The zero-order valence-electron chi connectivity index (χ0n) is 18.9. The van der Waals surface area contributed by atoms with E-state index in [1.165, 1.54) is 16.8 Å². The molecule has 2 aliphatic rings. The third kappa shape index (κ3) is 2.61.